The lowest BCUT2D eigenvalue weighted by atomic mass is 9.81. The lowest BCUT2D eigenvalue weighted by molar-refractivity contribution is 0.318. The Labute approximate surface area is 125 Å². The van der Waals surface area contributed by atoms with Crippen LogP contribution in [0, 0.1) is 5.92 Å². The Morgan fingerprint density at radius 3 is 2.65 bits per heavy atom. The summed E-state index contributed by atoms with van der Waals surface area (Å²) in [6.45, 7) is 2.31. The molecule has 3 rings (SSSR count). The van der Waals surface area contributed by atoms with Crippen LogP contribution in [0.3, 0.4) is 0 Å². The summed E-state index contributed by atoms with van der Waals surface area (Å²) in [6.07, 6.45) is 6.66. The van der Waals surface area contributed by atoms with Crippen molar-refractivity contribution in [1.82, 2.24) is 4.98 Å². The van der Waals surface area contributed by atoms with Crippen LogP contribution in [-0.2, 0) is 0 Å². The van der Waals surface area contributed by atoms with Gasteiger partial charge in [-0.3, -0.25) is 0 Å². The van der Waals surface area contributed by atoms with E-state index in [-0.39, 0.29) is 0 Å². The Balaban J connectivity index is 1.76. The first-order valence-electron chi connectivity index (χ1n) is 7.58. The first kappa shape index (κ1) is 13.6. The largest absolute Gasteiger partial charge is 0.398 e. The number of benzene rings is 1. The summed E-state index contributed by atoms with van der Waals surface area (Å²) in [5.74, 6) is 1.61. The third-order valence-electron chi connectivity index (χ3n) is 4.53. The molecule has 2 aromatic rings. The molecule has 1 saturated carbocycles. The number of anilines is 1. The zero-order valence-electron chi connectivity index (χ0n) is 12.0. The number of rotatable bonds is 3. The van der Waals surface area contributed by atoms with Gasteiger partial charge < -0.3 is 5.73 Å². The van der Waals surface area contributed by atoms with Gasteiger partial charge in [-0.05, 0) is 37.7 Å². The van der Waals surface area contributed by atoms with Gasteiger partial charge in [-0.15, -0.1) is 11.3 Å². The molecule has 20 heavy (non-hydrogen) atoms. The Morgan fingerprint density at radius 1 is 1.20 bits per heavy atom. The maximum absolute atomic E-state index is 6.04. The highest BCUT2D eigenvalue weighted by atomic mass is 32.1. The molecule has 1 fully saturated rings. The highest BCUT2D eigenvalue weighted by molar-refractivity contribution is 7.10. The number of nitrogens with zero attached hydrogens (tertiary/aromatic N) is 1. The van der Waals surface area contributed by atoms with E-state index in [1.165, 1.54) is 37.1 Å². The van der Waals surface area contributed by atoms with Gasteiger partial charge in [0.05, 0.1) is 10.7 Å². The van der Waals surface area contributed by atoms with Gasteiger partial charge in [0.15, 0.2) is 0 Å². The molecule has 0 radical (unpaired) electrons. The van der Waals surface area contributed by atoms with Gasteiger partial charge in [0.2, 0.25) is 0 Å². The van der Waals surface area contributed by atoms with Crippen LogP contribution < -0.4 is 5.73 Å². The minimum atomic E-state index is 0.668. The van der Waals surface area contributed by atoms with Crippen molar-refractivity contribution in [2.24, 2.45) is 5.92 Å². The Kier molecular flexibility index (Phi) is 4.06. The van der Waals surface area contributed by atoms with Crippen molar-refractivity contribution < 1.29 is 0 Å². The predicted octanol–water partition coefficient (Wildman–Crippen LogP) is 5.08. The van der Waals surface area contributed by atoms with Crippen molar-refractivity contribution in [2.45, 2.75) is 44.9 Å². The maximum Gasteiger partial charge on any atom is 0.0963 e. The molecule has 2 nitrogen and oxygen atoms in total. The number of nitrogen functional groups attached to an aromatic ring is 1. The minimum absolute atomic E-state index is 0.668. The van der Waals surface area contributed by atoms with Crippen LogP contribution in [-0.4, -0.2) is 4.98 Å². The van der Waals surface area contributed by atoms with Crippen LogP contribution in [0.5, 0.6) is 0 Å². The summed E-state index contributed by atoms with van der Waals surface area (Å²) >= 11 is 1.80. The van der Waals surface area contributed by atoms with Gasteiger partial charge >= 0.3 is 0 Å². The van der Waals surface area contributed by atoms with Crippen molar-refractivity contribution in [1.29, 1.82) is 0 Å². The average Bonchev–Trinajstić information content (AvgIpc) is 2.97. The third kappa shape index (κ3) is 2.73. The van der Waals surface area contributed by atoms with Crippen molar-refractivity contribution >= 4 is 17.0 Å². The lowest BCUT2D eigenvalue weighted by Gasteiger charge is -2.26. The monoisotopic (exact) mass is 286 g/mol. The summed E-state index contributed by atoms with van der Waals surface area (Å²) < 4.78 is 0. The molecule has 1 heterocycles. The fraction of sp³-hybridized carbons (Fsp3) is 0.471. The molecule has 1 aromatic carbocycles. The normalized spacial score (nSPS) is 22.9. The number of thiazole rings is 1. The molecular formula is C17H22N2S. The van der Waals surface area contributed by atoms with Crippen molar-refractivity contribution in [3.8, 4) is 11.3 Å². The summed E-state index contributed by atoms with van der Waals surface area (Å²) in [4.78, 5) is 4.85. The molecule has 0 aliphatic heterocycles. The lowest BCUT2D eigenvalue weighted by Crippen LogP contribution is -2.12. The van der Waals surface area contributed by atoms with Gasteiger partial charge in [-0.2, -0.15) is 0 Å². The van der Waals surface area contributed by atoms with Gasteiger partial charge in [-0.1, -0.05) is 31.5 Å². The van der Waals surface area contributed by atoms with Crippen molar-refractivity contribution in [3.05, 3.63) is 34.7 Å². The van der Waals surface area contributed by atoms with Gasteiger partial charge in [0, 0.05) is 22.5 Å². The van der Waals surface area contributed by atoms with E-state index in [4.69, 9.17) is 10.7 Å². The zero-order valence-corrected chi connectivity index (χ0v) is 12.8. The Hall–Kier alpha value is -1.35. The summed E-state index contributed by atoms with van der Waals surface area (Å²) in [6, 6.07) is 8.00. The second-order valence-electron chi connectivity index (χ2n) is 5.78. The molecule has 1 aliphatic rings. The smallest absolute Gasteiger partial charge is 0.0963 e. The van der Waals surface area contributed by atoms with E-state index in [0.717, 1.165) is 22.9 Å². The van der Waals surface area contributed by atoms with E-state index in [1.807, 2.05) is 18.2 Å². The van der Waals surface area contributed by atoms with E-state index in [1.54, 1.807) is 11.3 Å². The van der Waals surface area contributed by atoms with Gasteiger partial charge in [-0.25, -0.2) is 4.98 Å². The molecule has 0 amide bonds. The molecule has 0 unspecified atom stereocenters. The van der Waals surface area contributed by atoms with E-state index in [9.17, 15) is 0 Å². The molecule has 1 aliphatic carbocycles. The number of aromatic nitrogens is 1. The topological polar surface area (TPSA) is 38.9 Å². The van der Waals surface area contributed by atoms with Crippen LogP contribution in [0.2, 0.25) is 0 Å². The highest BCUT2D eigenvalue weighted by Crippen LogP contribution is 2.39. The molecule has 0 spiro atoms. The van der Waals surface area contributed by atoms with Gasteiger partial charge in [0.1, 0.15) is 0 Å². The fourth-order valence-corrected chi connectivity index (χ4v) is 4.14. The standard InChI is InChI=1S/C17H22N2S/c1-2-12-7-9-13(10-8-12)17-19-16(11-20-17)14-5-3-4-6-15(14)18/h3-6,11-13H,2,7-10,18H2,1H3. The highest BCUT2D eigenvalue weighted by Gasteiger charge is 2.23. The number of para-hydroxylation sites is 1. The third-order valence-corrected chi connectivity index (χ3v) is 5.54. The Morgan fingerprint density at radius 2 is 1.95 bits per heavy atom. The van der Waals surface area contributed by atoms with Crippen LogP contribution in [0.15, 0.2) is 29.6 Å². The zero-order chi connectivity index (χ0) is 13.9. The van der Waals surface area contributed by atoms with Crippen LogP contribution in [0.25, 0.3) is 11.3 Å². The predicted molar refractivity (Wildman–Crippen MR) is 87.0 cm³/mol. The van der Waals surface area contributed by atoms with Crippen molar-refractivity contribution in [2.75, 3.05) is 5.73 Å². The molecular weight excluding hydrogens is 264 g/mol. The first-order chi connectivity index (χ1) is 9.78. The van der Waals surface area contributed by atoms with Crippen molar-refractivity contribution in [3.63, 3.8) is 0 Å². The SMILES string of the molecule is CCC1CCC(c2nc(-c3ccccc3N)cs2)CC1. The summed E-state index contributed by atoms with van der Waals surface area (Å²) in [5, 5.41) is 3.46. The molecule has 0 bridgehead atoms. The minimum Gasteiger partial charge on any atom is -0.398 e. The van der Waals surface area contributed by atoms with Crippen LogP contribution in [0.1, 0.15) is 50.0 Å². The van der Waals surface area contributed by atoms with E-state index < -0.39 is 0 Å². The second-order valence-corrected chi connectivity index (χ2v) is 6.67. The van der Waals surface area contributed by atoms with E-state index >= 15 is 0 Å². The van der Waals surface area contributed by atoms with E-state index in [0.29, 0.717) is 5.92 Å². The maximum atomic E-state index is 6.04. The van der Waals surface area contributed by atoms with Crippen LogP contribution >= 0.6 is 11.3 Å². The first-order valence-corrected chi connectivity index (χ1v) is 8.46. The molecule has 2 N–H and O–H groups in total. The molecule has 0 atom stereocenters. The summed E-state index contributed by atoms with van der Waals surface area (Å²) in [7, 11) is 0. The van der Waals surface area contributed by atoms with Gasteiger partial charge in [0.25, 0.3) is 0 Å². The quantitative estimate of drug-likeness (QED) is 0.799. The number of nitrogens with two attached hydrogens (primary N) is 1. The second kappa shape index (κ2) is 5.96. The Bertz CT molecular complexity index is 568. The van der Waals surface area contributed by atoms with E-state index in [2.05, 4.69) is 18.4 Å². The number of hydrogen-bond donors (Lipinski definition) is 1. The molecule has 0 saturated heterocycles. The number of hydrogen-bond acceptors (Lipinski definition) is 3. The fourth-order valence-electron chi connectivity index (χ4n) is 3.15. The van der Waals surface area contributed by atoms with Crippen LogP contribution in [0.4, 0.5) is 5.69 Å². The molecule has 1 aromatic heterocycles. The summed E-state index contributed by atoms with van der Waals surface area (Å²) in [5.41, 5.74) is 8.97. The molecule has 106 valence electrons. The average molecular weight is 286 g/mol. The molecule has 3 heteroatoms.